The van der Waals surface area contributed by atoms with Gasteiger partial charge in [-0.15, -0.1) is 6.58 Å². The summed E-state index contributed by atoms with van der Waals surface area (Å²) >= 11 is 0. The molecule has 1 aromatic heterocycles. The quantitative estimate of drug-likeness (QED) is 0.762. The molecule has 0 aliphatic rings. The van der Waals surface area contributed by atoms with E-state index in [9.17, 15) is 4.79 Å². The summed E-state index contributed by atoms with van der Waals surface area (Å²) in [5.41, 5.74) is 1.66. The van der Waals surface area contributed by atoms with Gasteiger partial charge in [0.25, 0.3) is 0 Å². The first kappa shape index (κ1) is 14.3. The lowest BCUT2D eigenvalue weighted by atomic mass is 10.1. The molecular formula is C13H22N4O. The highest BCUT2D eigenvalue weighted by Gasteiger charge is 2.12. The summed E-state index contributed by atoms with van der Waals surface area (Å²) in [7, 11) is 1.84. The highest BCUT2D eigenvalue weighted by atomic mass is 16.2. The van der Waals surface area contributed by atoms with E-state index in [1.165, 1.54) is 0 Å². The Morgan fingerprint density at radius 2 is 2.33 bits per heavy atom. The monoisotopic (exact) mass is 250 g/mol. The maximum Gasteiger partial charge on any atom is 0.319 e. The lowest BCUT2D eigenvalue weighted by Gasteiger charge is -2.15. The van der Waals surface area contributed by atoms with Gasteiger partial charge in [-0.1, -0.05) is 19.9 Å². The van der Waals surface area contributed by atoms with Crippen LogP contribution in [0.25, 0.3) is 0 Å². The Kier molecular flexibility index (Phi) is 5.42. The van der Waals surface area contributed by atoms with Crippen LogP contribution in [0.4, 0.5) is 10.5 Å². The van der Waals surface area contributed by atoms with Gasteiger partial charge >= 0.3 is 6.03 Å². The van der Waals surface area contributed by atoms with Crippen molar-refractivity contribution in [2.45, 2.75) is 39.2 Å². The number of hydrogen-bond acceptors (Lipinski definition) is 2. The molecule has 0 saturated carbocycles. The molecule has 0 fully saturated rings. The summed E-state index contributed by atoms with van der Waals surface area (Å²) in [6, 6.07) is -0.0596. The van der Waals surface area contributed by atoms with E-state index in [1.807, 2.05) is 33.2 Å². The zero-order valence-corrected chi connectivity index (χ0v) is 11.4. The molecule has 1 atom stereocenters. The van der Waals surface area contributed by atoms with Gasteiger partial charge in [0.05, 0.1) is 11.4 Å². The van der Waals surface area contributed by atoms with Crippen LogP contribution in [0.15, 0.2) is 18.9 Å². The molecule has 5 heteroatoms. The number of aryl methyl sites for hydroxylation is 2. The van der Waals surface area contributed by atoms with Gasteiger partial charge in [-0.25, -0.2) is 4.79 Å². The second-order valence-electron chi connectivity index (χ2n) is 4.24. The fourth-order valence-corrected chi connectivity index (χ4v) is 1.77. The van der Waals surface area contributed by atoms with Gasteiger partial charge in [-0.05, 0) is 19.3 Å². The molecule has 2 amide bonds. The SMILES string of the molecule is C=CC[C@@H](CC)NC(=O)Nc1cn(C)nc1CC. The minimum atomic E-state index is -0.189. The van der Waals surface area contributed by atoms with E-state index in [0.717, 1.165) is 30.6 Å². The molecule has 0 aliphatic carbocycles. The van der Waals surface area contributed by atoms with Crippen LogP contribution in [-0.4, -0.2) is 21.9 Å². The van der Waals surface area contributed by atoms with Gasteiger partial charge in [0.1, 0.15) is 0 Å². The minimum Gasteiger partial charge on any atom is -0.335 e. The number of aromatic nitrogens is 2. The van der Waals surface area contributed by atoms with Crippen LogP contribution < -0.4 is 10.6 Å². The van der Waals surface area contributed by atoms with Gasteiger partial charge in [-0.3, -0.25) is 4.68 Å². The van der Waals surface area contributed by atoms with E-state index in [0.29, 0.717) is 0 Å². The predicted molar refractivity (Wildman–Crippen MR) is 73.6 cm³/mol. The number of anilines is 1. The van der Waals surface area contributed by atoms with Crippen molar-refractivity contribution in [2.75, 3.05) is 5.32 Å². The lowest BCUT2D eigenvalue weighted by molar-refractivity contribution is 0.248. The largest absolute Gasteiger partial charge is 0.335 e. The molecule has 5 nitrogen and oxygen atoms in total. The Bertz CT molecular complexity index is 411. The van der Waals surface area contributed by atoms with Gasteiger partial charge in [0.15, 0.2) is 0 Å². The first-order valence-corrected chi connectivity index (χ1v) is 6.31. The average molecular weight is 250 g/mol. The number of urea groups is 1. The van der Waals surface area contributed by atoms with E-state index in [2.05, 4.69) is 22.3 Å². The minimum absolute atomic E-state index is 0.129. The molecule has 100 valence electrons. The molecule has 0 radical (unpaired) electrons. The zero-order chi connectivity index (χ0) is 13.5. The van der Waals surface area contributed by atoms with Crippen molar-refractivity contribution in [3.63, 3.8) is 0 Å². The summed E-state index contributed by atoms with van der Waals surface area (Å²) < 4.78 is 1.70. The molecule has 0 spiro atoms. The first-order valence-electron chi connectivity index (χ1n) is 6.31. The second kappa shape index (κ2) is 6.83. The highest BCUT2D eigenvalue weighted by molar-refractivity contribution is 5.89. The van der Waals surface area contributed by atoms with Crippen molar-refractivity contribution in [3.05, 3.63) is 24.5 Å². The normalized spacial score (nSPS) is 11.9. The van der Waals surface area contributed by atoms with Crippen LogP contribution in [0.1, 0.15) is 32.4 Å². The molecule has 18 heavy (non-hydrogen) atoms. The third kappa shape index (κ3) is 3.91. The lowest BCUT2D eigenvalue weighted by Crippen LogP contribution is -2.37. The van der Waals surface area contributed by atoms with Crippen molar-refractivity contribution in [1.29, 1.82) is 0 Å². The Hall–Kier alpha value is -1.78. The molecule has 0 aliphatic heterocycles. The summed E-state index contributed by atoms with van der Waals surface area (Å²) in [4.78, 5) is 11.8. The van der Waals surface area contributed by atoms with E-state index in [4.69, 9.17) is 0 Å². The highest BCUT2D eigenvalue weighted by Crippen LogP contribution is 2.13. The van der Waals surface area contributed by atoms with Gasteiger partial charge in [0.2, 0.25) is 0 Å². The molecule has 1 rings (SSSR count). The average Bonchev–Trinajstić information content (AvgIpc) is 2.68. The van der Waals surface area contributed by atoms with Crippen molar-refractivity contribution < 1.29 is 4.79 Å². The third-order valence-corrected chi connectivity index (χ3v) is 2.77. The Morgan fingerprint density at radius 1 is 1.61 bits per heavy atom. The predicted octanol–water partition coefficient (Wildman–Crippen LogP) is 2.46. The van der Waals surface area contributed by atoms with E-state index < -0.39 is 0 Å². The molecular weight excluding hydrogens is 228 g/mol. The van der Waals surface area contributed by atoms with Gasteiger partial charge in [-0.2, -0.15) is 5.10 Å². The van der Waals surface area contributed by atoms with Crippen molar-refractivity contribution in [3.8, 4) is 0 Å². The number of hydrogen-bond donors (Lipinski definition) is 2. The maximum absolute atomic E-state index is 11.8. The van der Waals surface area contributed by atoms with Crippen LogP contribution in [0.3, 0.4) is 0 Å². The number of nitrogens with zero attached hydrogens (tertiary/aromatic N) is 2. The standard InChI is InChI=1S/C13H22N4O/c1-5-8-10(6-2)14-13(18)15-12-9-17(4)16-11(12)7-3/h5,9-10H,1,6-8H2,2-4H3,(H2,14,15,18)/t10-/m1/s1. The zero-order valence-electron chi connectivity index (χ0n) is 11.4. The Balaban J connectivity index is 2.60. The number of amides is 2. The number of nitrogens with one attached hydrogen (secondary N) is 2. The van der Waals surface area contributed by atoms with Crippen LogP contribution in [0, 0.1) is 0 Å². The van der Waals surface area contributed by atoms with Crippen molar-refractivity contribution in [2.24, 2.45) is 7.05 Å². The molecule has 0 saturated heterocycles. The summed E-state index contributed by atoms with van der Waals surface area (Å²) in [6.07, 6.45) is 6.08. The molecule has 2 N–H and O–H groups in total. The van der Waals surface area contributed by atoms with Crippen LogP contribution in [0.5, 0.6) is 0 Å². The van der Waals surface area contributed by atoms with E-state index in [-0.39, 0.29) is 12.1 Å². The number of rotatable bonds is 6. The smallest absolute Gasteiger partial charge is 0.319 e. The first-order chi connectivity index (χ1) is 8.60. The van der Waals surface area contributed by atoms with E-state index >= 15 is 0 Å². The maximum atomic E-state index is 11.8. The molecule has 1 aromatic rings. The topological polar surface area (TPSA) is 59.0 Å². The van der Waals surface area contributed by atoms with Gasteiger partial charge < -0.3 is 10.6 Å². The molecule has 0 aromatic carbocycles. The third-order valence-electron chi connectivity index (χ3n) is 2.77. The number of carbonyl (C=O) groups is 1. The molecule has 0 unspecified atom stereocenters. The van der Waals surface area contributed by atoms with E-state index in [1.54, 1.807) is 4.68 Å². The Morgan fingerprint density at radius 3 is 2.89 bits per heavy atom. The summed E-state index contributed by atoms with van der Waals surface area (Å²) in [5, 5.41) is 10.0. The molecule has 1 heterocycles. The number of carbonyl (C=O) groups excluding carboxylic acids is 1. The summed E-state index contributed by atoms with van der Waals surface area (Å²) in [5.74, 6) is 0. The van der Waals surface area contributed by atoms with Crippen molar-refractivity contribution in [1.82, 2.24) is 15.1 Å². The summed E-state index contributed by atoms with van der Waals surface area (Å²) in [6.45, 7) is 7.73. The van der Waals surface area contributed by atoms with Crippen LogP contribution in [-0.2, 0) is 13.5 Å². The Labute approximate surface area is 108 Å². The second-order valence-corrected chi connectivity index (χ2v) is 4.24. The van der Waals surface area contributed by atoms with Crippen LogP contribution in [0.2, 0.25) is 0 Å². The van der Waals surface area contributed by atoms with Gasteiger partial charge in [0, 0.05) is 19.3 Å². The fourth-order valence-electron chi connectivity index (χ4n) is 1.77. The van der Waals surface area contributed by atoms with Crippen LogP contribution >= 0.6 is 0 Å². The fraction of sp³-hybridized carbons (Fsp3) is 0.538. The van der Waals surface area contributed by atoms with Crippen molar-refractivity contribution >= 4 is 11.7 Å². The molecule has 0 bridgehead atoms.